The van der Waals surface area contributed by atoms with Crippen molar-refractivity contribution in [1.29, 1.82) is 0 Å². The molecule has 2 heteroatoms. The second-order valence-corrected chi connectivity index (χ2v) is 4.39. The van der Waals surface area contributed by atoms with Crippen LogP contribution in [0.15, 0.2) is 54.6 Å². The van der Waals surface area contributed by atoms with Gasteiger partial charge in [-0.05, 0) is 5.56 Å². The molecule has 1 aliphatic carbocycles. The molecule has 86 valence electrons. The predicted molar refractivity (Wildman–Crippen MR) is 66.6 cm³/mol. The van der Waals surface area contributed by atoms with Gasteiger partial charge < -0.3 is 0 Å². The van der Waals surface area contributed by atoms with Gasteiger partial charge in [0, 0.05) is 5.41 Å². The lowest BCUT2D eigenvalue weighted by Gasteiger charge is -2.33. The Kier molecular flexibility index (Phi) is 3.05. The first-order chi connectivity index (χ1) is 8.18. The Bertz CT molecular complexity index is 485. The fourth-order valence-corrected chi connectivity index (χ4v) is 2.27. The molecule has 1 aromatic carbocycles. The van der Waals surface area contributed by atoms with Gasteiger partial charge in [-0.2, -0.15) is 0 Å². The number of Topliss-reactive ketones (excluding diaryl/α,β-unsaturated/α-hetero) is 1. The third kappa shape index (κ3) is 1.98. The van der Waals surface area contributed by atoms with Crippen LogP contribution in [-0.4, -0.2) is 12.1 Å². The highest BCUT2D eigenvalue weighted by molar-refractivity contribution is 6.27. The number of carbonyl (C=O) groups is 2. The summed E-state index contributed by atoms with van der Waals surface area (Å²) >= 11 is 0. The van der Waals surface area contributed by atoms with Crippen LogP contribution >= 0.6 is 0 Å². The summed E-state index contributed by atoms with van der Waals surface area (Å²) in [5.74, 6) is -0.788. The van der Waals surface area contributed by atoms with Crippen molar-refractivity contribution in [2.45, 2.75) is 12.3 Å². The van der Waals surface area contributed by atoms with Gasteiger partial charge in [0.1, 0.15) is 0 Å². The van der Waals surface area contributed by atoms with E-state index >= 15 is 0 Å². The van der Waals surface area contributed by atoms with Crippen molar-refractivity contribution in [2.24, 2.45) is 5.92 Å². The van der Waals surface area contributed by atoms with Crippen LogP contribution in [0.4, 0.5) is 0 Å². The van der Waals surface area contributed by atoms with Crippen molar-refractivity contribution in [3.8, 4) is 0 Å². The van der Waals surface area contributed by atoms with Crippen LogP contribution in [0.5, 0.6) is 0 Å². The third-order valence-electron chi connectivity index (χ3n) is 3.32. The van der Waals surface area contributed by atoms with Crippen LogP contribution in [0.2, 0.25) is 0 Å². The summed E-state index contributed by atoms with van der Waals surface area (Å²) in [6.45, 7) is 1.98. The van der Waals surface area contributed by atoms with Crippen molar-refractivity contribution in [1.82, 2.24) is 0 Å². The van der Waals surface area contributed by atoms with E-state index in [1.807, 2.05) is 55.5 Å². The standard InChI is InChI=1S/C15H14O2/c1-15(12-7-3-2-4-8-12)10-6-5-9-13(15)14(17)11-16/h2-11,13H,1H3. The largest absolute Gasteiger partial charge is 0.295 e. The predicted octanol–water partition coefficient (Wildman–Crippen LogP) is 2.45. The van der Waals surface area contributed by atoms with Crippen molar-refractivity contribution in [3.05, 3.63) is 60.2 Å². The molecule has 0 amide bonds. The highest BCUT2D eigenvalue weighted by atomic mass is 16.2. The SMILES string of the molecule is CC1(c2ccccc2)C=CC=CC1C(=O)C=O. The van der Waals surface area contributed by atoms with Gasteiger partial charge in [-0.3, -0.25) is 9.59 Å². The molecule has 0 fully saturated rings. The van der Waals surface area contributed by atoms with Gasteiger partial charge in [0.2, 0.25) is 5.78 Å². The zero-order valence-corrected chi connectivity index (χ0v) is 9.67. The molecule has 0 aliphatic heterocycles. The van der Waals surface area contributed by atoms with Crippen LogP contribution in [0.1, 0.15) is 12.5 Å². The van der Waals surface area contributed by atoms with Crippen molar-refractivity contribution >= 4 is 12.1 Å². The molecule has 2 unspecified atom stereocenters. The second-order valence-electron chi connectivity index (χ2n) is 4.39. The normalized spacial score (nSPS) is 26.8. The Balaban J connectivity index is 2.47. The average molecular weight is 226 g/mol. The van der Waals surface area contributed by atoms with E-state index in [9.17, 15) is 9.59 Å². The Morgan fingerprint density at radius 3 is 2.59 bits per heavy atom. The third-order valence-corrected chi connectivity index (χ3v) is 3.32. The highest BCUT2D eigenvalue weighted by Crippen LogP contribution is 2.37. The van der Waals surface area contributed by atoms with Gasteiger partial charge in [-0.1, -0.05) is 61.6 Å². The van der Waals surface area contributed by atoms with Crippen molar-refractivity contribution < 1.29 is 9.59 Å². The number of benzene rings is 1. The fraction of sp³-hybridized carbons (Fsp3) is 0.200. The van der Waals surface area contributed by atoms with Gasteiger partial charge in [0.15, 0.2) is 6.29 Å². The maximum absolute atomic E-state index is 11.7. The molecular formula is C15H14O2. The first-order valence-corrected chi connectivity index (χ1v) is 5.59. The quantitative estimate of drug-likeness (QED) is 0.586. The monoisotopic (exact) mass is 226 g/mol. The Labute approximate surface area is 101 Å². The van der Waals surface area contributed by atoms with E-state index in [1.165, 1.54) is 0 Å². The molecule has 0 heterocycles. The Hall–Kier alpha value is -1.96. The lowest BCUT2D eigenvalue weighted by molar-refractivity contribution is -0.132. The molecule has 1 aromatic rings. The van der Waals surface area contributed by atoms with Crippen molar-refractivity contribution in [2.75, 3.05) is 0 Å². The minimum absolute atomic E-state index is 0.378. The molecular weight excluding hydrogens is 212 g/mol. The maximum atomic E-state index is 11.7. The fourth-order valence-electron chi connectivity index (χ4n) is 2.27. The van der Waals surface area contributed by atoms with E-state index in [2.05, 4.69) is 0 Å². The summed E-state index contributed by atoms with van der Waals surface area (Å²) in [5, 5.41) is 0. The summed E-state index contributed by atoms with van der Waals surface area (Å²) in [5.41, 5.74) is 0.606. The van der Waals surface area contributed by atoms with Crippen LogP contribution in [0.25, 0.3) is 0 Å². The zero-order valence-electron chi connectivity index (χ0n) is 9.67. The summed E-state index contributed by atoms with van der Waals surface area (Å²) in [4.78, 5) is 22.4. The van der Waals surface area contributed by atoms with E-state index in [1.54, 1.807) is 6.08 Å². The first-order valence-electron chi connectivity index (χ1n) is 5.59. The minimum Gasteiger partial charge on any atom is -0.295 e. The lowest BCUT2D eigenvalue weighted by Crippen LogP contribution is -2.36. The van der Waals surface area contributed by atoms with Gasteiger partial charge in [0.05, 0.1) is 5.92 Å². The second kappa shape index (κ2) is 4.50. The Morgan fingerprint density at radius 2 is 1.94 bits per heavy atom. The van der Waals surface area contributed by atoms with E-state index < -0.39 is 11.3 Å². The number of allylic oxidation sites excluding steroid dienone is 4. The van der Waals surface area contributed by atoms with Crippen LogP contribution in [0, 0.1) is 5.92 Å². The van der Waals surface area contributed by atoms with Crippen molar-refractivity contribution in [3.63, 3.8) is 0 Å². The number of hydrogen-bond acceptors (Lipinski definition) is 2. The first kappa shape index (κ1) is 11.5. The van der Waals surface area contributed by atoms with Gasteiger partial charge in [0.25, 0.3) is 0 Å². The molecule has 0 spiro atoms. The van der Waals surface area contributed by atoms with E-state index in [4.69, 9.17) is 0 Å². The number of aldehydes is 1. The molecule has 1 aliphatic rings. The van der Waals surface area contributed by atoms with Crippen LogP contribution in [0.3, 0.4) is 0 Å². The van der Waals surface area contributed by atoms with E-state index in [0.717, 1.165) is 5.56 Å². The minimum atomic E-state index is -0.437. The summed E-state index contributed by atoms with van der Waals surface area (Å²) in [6, 6.07) is 9.78. The van der Waals surface area contributed by atoms with E-state index in [-0.39, 0.29) is 5.78 Å². The lowest BCUT2D eigenvalue weighted by atomic mass is 9.68. The molecule has 0 bridgehead atoms. The highest BCUT2D eigenvalue weighted by Gasteiger charge is 2.37. The van der Waals surface area contributed by atoms with Crippen LogP contribution < -0.4 is 0 Å². The zero-order chi connectivity index (χ0) is 12.3. The summed E-state index contributed by atoms with van der Waals surface area (Å²) in [7, 11) is 0. The molecule has 2 rings (SSSR count). The average Bonchev–Trinajstić information content (AvgIpc) is 2.39. The molecule has 0 saturated heterocycles. The molecule has 0 N–H and O–H groups in total. The maximum Gasteiger partial charge on any atom is 0.203 e. The molecule has 0 aromatic heterocycles. The molecule has 2 atom stereocenters. The topological polar surface area (TPSA) is 34.1 Å². The number of rotatable bonds is 3. The number of carbonyl (C=O) groups excluding carboxylic acids is 2. The smallest absolute Gasteiger partial charge is 0.203 e. The van der Waals surface area contributed by atoms with Gasteiger partial charge in [-0.25, -0.2) is 0 Å². The number of ketones is 1. The molecule has 0 saturated carbocycles. The van der Waals surface area contributed by atoms with Crippen LogP contribution in [-0.2, 0) is 15.0 Å². The summed E-state index contributed by atoms with van der Waals surface area (Å²) < 4.78 is 0. The number of hydrogen-bond donors (Lipinski definition) is 0. The van der Waals surface area contributed by atoms with E-state index in [0.29, 0.717) is 6.29 Å². The van der Waals surface area contributed by atoms with Gasteiger partial charge >= 0.3 is 0 Å². The summed E-state index contributed by atoms with van der Waals surface area (Å²) in [6.07, 6.45) is 7.92. The van der Waals surface area contributed by atoms with Gasteiger partial charge in [-0.15, -0.1) is 0 Å². The Morgan fingerprint density at radius 1 is 1.24 bits per heavy atom. The molecule has 0 radical (unpaired) electrons. The molecule has 2 nitrogen and oxygen atoms in total. The molecule has 17 heavy (non-hydrogen) atoms.